The third-order valence-electron chi connectivity index (χ3n) is 5.01. The van der Waals surface area contributed by atoms with Crippen LogP contribution >= 0.6 is 34.7 Å². The lowest BCUT2D eigenvalue weighted by Gasteiger charge is -2.17. The molecule has 0 aliphatic rings. The molecule has 0 aromatic carbocycles. The number of halogens is 1. The van der Waals surface area contributed by atoms with Crippen LogP contribution in [0, 0.1) is 5.41 Å². The summed E-state index contributed by atoms with van der Waals surface area (Å²) in [6.07, 6.45) is 2.70. The third kappa shape index (κ3) is 5.44. The van der Waals surface area contributed by atoms with Crippen LogP contribution in [-0.4, -0.2) is 31.1 Å². The van der Waals surface area contributed by atoms with Crippen LogP contribution in [0.1, 0.15) is 41.0 Å². The number of furan rings is 1. The van der Waals surface area contributed by atoms with Gasteiger partial charge in [-0.1, -0.05) is 32.4 Å². The standard InChI is InChI=1S/C24H22ClN3O5S2/c1-24(2,3)23(32)28-20(34-13-14-6-7-19(25)35-14)11-15(26-28)21-16(29)8-9-27(22(21)31)12-17(30)18-5-4-10-33-18/h4-11,29H,12-13H2,1-3H3. The maximum absolute atomic E-state index is 13.2. The van der Waals surface area contributed by atoms with Gasteiger partial charge in [0, 0.05) is 22.2 Å². The number of nitrogens with zero attached hydrogens (tertiary/aromatic N) is 3. The van der Waals surface area contributed by atoms with Crippen molar-refractivity contribution < 1.29 is 19.1 Å². The van der Waals surface area contributed by atoms with Gasteiger partial charge < -0.3 is 14.1 Å². The number of pyridine rings is 1. The van der Waals surface area contributed by atoms with Crippen molar-refractivity contribution in [2.45, 2.75) is 38.1 Å². The van der Waals surface area contributed by atoms with Crippen molar-refractivity contribution in [3.05, 3.63) is 74.2 Å². The van der Waals surface area contributed by atoms with E-state index >= 15 is 0 Å². The molecule has 0 spiro atoms. The SMILES string of the molecule is CC(C)(C)C(=O)n1nc(-c2c(O)ccn(CC(=O)c3ccco3)c2=O)cc1SCc1ccc(Cl)s1. The Balaban J connectivity index is 1.73. The van der Waals surface area contributed by atoms with Gasteiger partial charge in [-0.2, -0.15) is 9.78 Å². The van der Waals surface area contributed by atoms with Crippen LogP contribution in [0.15, 0.2) is 63.1 Å². The predicted octanol–water partition coefficient (Wildman–Crippen LogP) is 5.59. The third-order valence-corrected chi connectivity index (χ3v) is 7.47. The molecule has 0 atom stereocenters. The number of hydrogen-bond donors (Lipinski definition) is 1. The number of carbonyl (C=O) groups excluding carboxylic acids is 2. The van der Waals surface area contributed by atoms with Crippen molar-refractivity contribution in [1.82, 2.24) is 14.3 Å². The summed E-state index contributed by atoms with van der Waals surface area (Å²) in [7, 11) is 0. The molecular weight excluding hydrogens is 510 g/mol. The number of Topliss-reactive ketones (excluding diaryl/α,β-unsaturated/α-hetero) is 1. The van der Waals surface area contributed by atoms with Crippen LogP contribution in [0.3, 0.4) is 0 Å². The number of thioether (sulfide) groups is 1. The molecule has 1 N–H and O–H groups in total. The van der Waals surface area contributed by atoms with Gasteiger partial charge in [-0.3, -0.25) is 14.4 Å². The molecule has 0 aliphatic heterocycles. The molecule has 4 aromatic heterocycles. The van der Waals surface area contributed by atoms with E-state index in [1.165, 1.54) is 56.9 Å². The monoisotopic (exact) mass is 531 g/mol. The smallest absolute Gasteiger partial charge is 0.264 e. The fourth-order valence-corrected chi connectivity index (χ4v) is 5.35. The second-order valence-corrected chi connectivity index (χ2v) is 11.5. The lowest BCUT2D eigenvalue weighted by Crippen LogP contribution is -2.28. The number of aromatic hydroxyl groups is 1. The Bertz CT molecular complexity index is 1440. The van der Waals surface area contributed by atoms with Crippen molar-refractivity contribution in [1.29, 1.82) is 0 Å². The van der Waals surface area contributed by atoms with Gasteiger partial charge >= 0.3 is 0 Å². The first kappa shape index (κ1) is 25.0. The largest absolute Gasteiger partial charge is 0.507 e. The second kappa shape index (κ2) is 9.88. The van der Waals surface area contributed by atoms with Gasteiger partial charge in [0.05, 0.1) is 17.1 Å². The molecule has 0 unspecified atom stereocenters. The van der Waals surface area contributed by atoms with Crippen molar-refractivity contribution in [2.24, 2.45) is 5.41 Å². The molecular formula is C24H22ClN3O5S2. The van der Waals surface area contributed by atoms with Gasteiger partial charge in [-0.25, -0.2) is 0 Å². The number of aromatic nitrogens is 3. The van der Waals surface area contributed by atoms with Gasteiger partial charge in [0.1, 0.15) is 22.0 Å². The van der Waals surface area contributed by atoms with Crippen LogP contribution in [0.4, 0.5) is 0 Å². The topological polar surface area (TPSA) is 107 Å². The van der Waals surface area contributed by atoms with Crippen LogP contribution in [-0.2, 0) is 12.3 Å². The van der Waals surface area contributed by atoms with E-state index in [1.807, 2.05) is 6.07 Å². The van der Waals surface area contributed by atoms with E-state index in [-0.39, 0.29) is 35.2 Å². The van der Waals surface area contributed by atoms with Crippen molar-refractivity contribution >= 4 is 46.4 Å². The summed E-state index contributed by atoms with van der Waals surface area (Å²) in [6.45, 7) is 5.05. The lowest BCUT2D eigenvalue weighted by molar-refractivity contribution is 0.0736. The molecule has 11 heteroatoms. The Hall–Kier alpha value is -3.08. The Kier molecular flexibility index (Phi) is 7.07. The summed E-state index contributed by atoms with van der Waals surface area (Å²) in [5.41, 5.74) is -1.31. The molecule has 35 heavy (non-hydrogen) atoms. The Morgan fingerprint density at radius 2 is 2.00 bits per heavy atom. The first-order chi connectivity index (χ1) is 16.5. The van der Waals surface area contributed by atoms with Crippen LogP contribution in [0.2, 0.25) is 4.34 Å². The quantitative estimate of drug-likeness (QED) is 0.245. The zero-order valence-corrected chi connectivity index (χ0v) is 21.5. The fourth-order valence-electron chi connectivity index (χ4n) is 3.23. The molecule has 0 saturated heterocycles. The van der Waals surface area contributed by atoms with Gasteiger partial charge in [-0.05, 0) is 36.4 Å². The average Bonchev–Trinajstić information content (AvgIpc) is 3.54. The summed E-state index contributed by atoms with van der Waals surface area (Å²) < 4.78 is 8.21. The molecule has 0 radical (unpaired) electrons. The number of ketones is 1. The summed E-state index contributed by atoms with van der Waals surface area (Å²) >= 11 is 8.84. The highest BCUT2D eigenvalue weighted by Gasteiger charge is 2.28. The van der Waals surface area contributed by atoms with Crippen LogP contribution < -0.4 is 5.56 Å². The zero-order valence-electron chi connectivity index (χ0n) is 19.1. The van der Waals surface area contributed by atoms with E-state index in [2.05, 4.69) is 5.10 Å². The molecule has 0 saturated carbocycles. The van der Waals surface area contributed by atoms with Crippen molar-refractivity contribution in [3.63, 3.8) is 0 Å². The molecule has 0 fully saturated rings. The average molecular weight is 532 g/mol. The molecule has 4 aromatic rings. The highest BCUT2D eigenvalue weighted by molar-refractivity contribution is 7.98. The minimum Gasteiger partial charge on any atom is -0.507 e. The highest BCUT2D eigenvalue weighted by Crippen LogP contribution is 2.34. The zero-order chi connectivity index (χ0) is 25.3. The lowest BCUT2D eigenvalue weighted by atomic mass is 9.96. The first-order valence-corrected chi connectivity index (χ1v) is 12.7. The second-order valence-electron chi connectivity index (χ2n) is 8.74. The Morgan fingerprint density at radius 3 is 2.63 bits per heavy atom. The molecule has 8 nitrogen and oxygen atoms in total. The highest BCUT2D eigenvalue weighted by atomic mass is 35.5. The van der Waals surface area contributed by atoms with Gasteiger partial charge in [0.25, 0.3) is 11.5 Å². The van der Waals surface area contributed by atoms with Crippen LogP contribution in [0.5, 0.6) is 5.75 Å². The van der Waals surface area contributed by atoms with Crippen LogP contribution in [0.25, 0.3) is 11.3 Å². The summed E-state index contributed by atoms with van der Waals surface area (Å²) in [5, 5.41) is 15.4. The molecule has 0 aliphatic carbocycles. The molecule has 4 rings (SSSR count). The normalized spacial score (nSPS) is 11.7. The van der Waals surface area contributed by atoms with E-state index in [9.17, 15) is 19.5 Å². The van der Waals surface area contributed by atoms with Gasteiger partial charge in [0.15, 0.2) is 5.76 Å². The summed E-state index contributed by atoms with van der Waals surface area (Å²) in [4.78, 5) is 39.8. The Morgan fingerprint density at radius 1 is 1.23 bits per heavy atom. The molecule has 4 heterocycles. The van der Waals surface area contributed by atoms with Gasteiger partial charge in [-0.15, -0.1) is 23.1 Å². The summed E-state index contributed by atoms with van der Waals surface area (Å²) in [6, 6.07) is 9.72. The number of thiophene rings is 1. The maximum atomic E-state index is 13.2. The predicted molar refractivity (Wildman–Crippen MR) is 136 cm³/mol. The van der Waals surface area contributed by atoms with E-state index in [4.69, 9.17) is 16.0 Å². The van der Waals surface area contributed by atoms with E-state index in [1.54, 1.807) is 39.0 Å². The number of hydrogen-bond acceptors (Lipinski definition) is 8. The molecule has 0 bridgehead atoms. The van der Waals surface area contributed by atoms with Gasteiger partial charge in [0.2, 0.25) is 5.78 Å². The first-order valence-electron chi connectivity index (χ1n) is 10.6. The van der Waals surface area contributed by atoms with Crippen molar-refractivity contribution in [3.8, 4) is 17.0 Å². The van der Waals surface area contributed by atoms with E-state index < -0.39 is 16.8 Å². The fraction of sp³-hybridized carbons (Fsp3) is 0.250. The van der Waals surface area contributed by atoms with E-state index in [0.29, 0.717) is 15.1 Å². The minimum atomic E-state index is -0.737. The molecule has 0 amide bonds. The minimum absolute atomic E-state index is 0.0961. The Labute approximate surface area is 214 Å². The number of rotatable bonds is 7. The molecule has 182 valence electrons. The van der Waals surface area contributed by atoms with Crippen molar-refractivity contribution in [2.75, 3.05) is 0 Å². The number of carbonyl (C=O) groups is 2. The maximum Gasteiger partial charge on any atom is 0.264 e. The summed E-state index contributed by atoms with van der Waals surface area (Å²) in [5.74, 6) is -0.292. The van der Waals surface area contributed by atoms with E-state index in [0.717, 1.165) is 4.88 Å².